The lowest BCUT2D eigenvalue weighted by Gasteiger charge is -2.26. The largest absolute Gasteiger partial charge is 0.500 e. The summed E-state index contributed by atoms with van der Waals surface area (Å²) in [6, 6.07) is 0.594. The van der Waals surface area contributed by atoms with E-state index in [1.165, 1.54) is 0 Å². The minimum absolute atomic E-state index is 0.300. The van der Waals surface area contributed by atoms with Crippen molar-refractivity contribution in [1.82, 2.24) is 0 Å². The van der Waals surface area contributed by atoms with E-state index >= 15 is 0 Å². The van der Waals surface area contributed by atoms with Crippen LogP contribution in [0, 0.1) is 0 Å². The third-order valence-corrected chi connectivity index (χ3v) is 5.50. The van der Waals surface area contributed by atoms with Crippen molar-refractivity contribution in [1.29, 1.82) is 0 Å². The summed E-state index contributed by atoms with van der Waals surface area (Å²) in [5.74, 6) is -0.381. The molecular formula is C13H26O6Si. The van der Waals surface area contributed by atoms with Gasteiger partial charge in [0.15, 0.2) is 0 Å². The number of esters is 1. The highest BCUT2D eigenvalue weighted by Gasteiger charge is 2.38. The van der Waals surface area contributed by atoms with Crippen molar-refractivity contribution in [2.45, 2.75) is 25.8 Å². The van der Waals surface area contributed by atoms with Gasteiger partial charge in [-0.25, -0.2) is 4.79 Å². The fourth-order valence-corrected chi connectivity index (χ4v) is 3.47. The maximum Gasteiger partial charge on any atom is 0.500 e. The van der Waals surface area contributed by atoms with Gasteiger partial charge in [0.2, 0.25) is 0 Å². The molecule has 0 aromatic rings. The molecule has 0 aliphatic heterocycles. The van der Waals surface area contributed by atoms with Gasteiger partial charge in [0.25, 0.3) is 0 Å². The Morgan fingerprint density at radius 2 is 1.70 bits per heavy atom. The summed E-state index contributed by atoms with van der Waals surface area (Å²) in [6.07, 6.45) is 1.40. The van der Waals surface area contributed by atoms with E-state index in [1.807, 2.05) is 0 Å². The molecule has 6 nitrogen and oxygen atoms in total. The van der Waals surface area contributed by atoms with E-state index in [2.05, 4.69) is 6.58 Å². The van der Waals surface area contributed by atoms with E-state index in [0.717, 1.165) is 6.42 Å². The quantitative estimate of drug-likeness (QED) is 0.237. The Kier molecular flexibility index (Phi) is 10.6. The number of carbonyl (C=O) groups is 1. The molecule has 0 aromatic heterocycles. The second kappa shape index (κ2) is 11.0. The van der Waals surface area contributed by atoms with Gasteiger partial charge in [0, 0.05) is 46.2 Å². The predicted molar refractivity (Wildman–Crippen MR) is 77.4 cm³/mol. The zero-order chi connectivity index (χ0) is 15.4. The SMILES string of the molecule is C=C(C)C(=O)OCCC[Si](OC)(OC)OCCCOC. The lowest BCUT2D eigenvalue weighted by atomic mass is 10.4. The van der Waals surface area contributed by atoms with Crippen LogP contribution in [0.25, 0.3) is 0 Å². The van der Waals surface area contributed by atoms with Crippen molar-refractivity contribution in [3.63, 3.8) is 0 Å². The van der Waals surface area contributed by atoms with E-state index in [4.69, 9.17) is 22.8 Å². The number of carbonyl (C=O) groups excluding carboxylic acids is 1. The lowest BCUT2D eigenvalue weighted by molar-refractivity contribution is -0.139. The normalized spacial score (nSPS) is 11.4. The average molecular weight is 306 g/mol. The molecule has 0 aliphatic rings. The first kappa shape index (κ1) is 19.3. The molecule has 0 rings (SSSR count). The summed E-state index contributed by atoms with van der Waals surface area (Å²) in [5.41, 5.74) is 0.391. The zero-order valence-corrected chi connectivity index (χ0v) is 13.9. The van der Waals surface area contributed by atoms with Crippen LogP contribution in [0.1, 0.15) is 19.8 Å². The van der Waals surface area contributed by atoms with Crippen LogP contribution in [-0.4, -0.2) is 55.9 Å². The number of hydrogen-bond acceptors (Lipinski definition) is 6. The Balaban J connectivity index is 4.05. The zero-order valence-electron chi connectivity index (χ0n) is 12.9. The van der Waals surface area contributed by atoms with Crippen molar-refractivity contribution in [2.24, 2.45) is 0 Å². The van der Waals surface area contributed by atoms with Crippen LogP contribution in [0.3, 0.4) is 0 Å². The van der Waals surface area contributed by atoms with Crippen LogP contribution in [0.5, 0.6) is 0 Å². The van der Waals surface area contributed by atoms with Crippen LogP contribution in [0.2, 0.25) is 6.04 Å². The predicted octanol–water partition coefficient (Wildman–Crippen LogP) is 1.78. The van der Waals surface area contributed by atoms with Gasteiger partial charge >= 0.3 is 14.8 Å². The Morgan fingerprint density at radius 3 is 2.20 bits per heavy atom. The molecular weight excluding hydrogens is 280 g/mol. The van der Waals surface area contributed by atoms with Gasteiger partial charge in [-0.1, -0.05) is 6.58 Å². The first-order valence-electron chi connectivity index (χ1n) is 6.57. The van der Waals surface area contributed by atoms with Crippen LogP contribution >= 0.6 is 0 Å². The molecule has 118 valence electrons. The van der Waals surface area contributed by atoms with E-state index in [1.54, 1.807) is 28.3 Å². The minimum Gasteiger partial charge on any atom is -0.462 e. The Hall–Kier alpha value is -0.733. The summed E-state index contributed by atoms with van der Waals surface area (Å²) in [4.78, 5) is 11.2. The second-order valence-electron chi connectivity index (χ2n) is 4.31. The Morgan fingerprint density at radius 1 is 1.05 bits per heavy atom. The fraction of sp³-hybridized carbons (Fsp3) is 0.769. The van der Waals surface area contributed by atoms with Crippen molar-refractivity contribution >= 4 is 14.8 Å². The monoisotopic (exact) mass is 306 g/mol. The first-order valence-corrected chi connectivity index (χ1v) is 8.50. The molecule has 0 saturated heterocycles. The summed E-state index contributed by atoms with van der Waals surface area (Å²) >= 11 is 0. The Labute approximate surface area is 122 Å². The number of ether oxygens (including phenoxy) is 2. The van der Waals surface area contributed by atoms with Gasteiger partial charge in [-0.2, -0.15) is 0 Å². The first-order chi connectivity index (χ1) is 9.51. The topological polar surface area (TPSA) is 63.2 Å². The fourth-order valence-electron chi connectivity index (χ4n) is 1.49. The molecule has 0 bridgehead atoms. The molecule has 20 heavy (non-hydrogen) atoms. The summed E-state index contributed by atoms with van der Waals surface area (Å²) < 4.78 is 26.6. The van der Waals surface area contributed by atoms with Gasteiger partial charge in [0.1, 0.15) is 0 Å². The van der Waals surface area contributed by atoms with E-state index < -0.39 is 8.80 Å². The minimum atomic E-state index is -2.66. The molecule has 0 aliphatic carbocycles. The van der Waals surface area contributed by atoms with Gasteiger partial charge < -0.3 is 22.8 Å². The van der Waals surface area contributed by atoms with Gasteiger partial charge in [-0.05, 0) is 19.8 Å². The maximum absolute atomic E-state index is 11.2. The molecule has 0 unspecified atom stereocenters. The van der Waals surface area contributed by atoms with Crippen molar-refractivity contribution < 1.29 is 27.5 Å². The van der Waals surface area contributed by atoms with Gasteiger partial charge in [-0.3, -0.25) is 0 Å². The van der Waals surface area contributed by atoms with Crippen molar-refractivity contribution in [3.05, 3.63) is 12.2 Å². The molecule has 0 fully saturated rings. The van der Waals surface area contributed by atoms with E-state index in [-0.39, 0.29) is 5.97 Å². The summed E-state index contributed by atoms with van der Waals surface area (Å²) in [7, 11) is 2.13. The molecule has 0 heterocycles. The number of methoxy groups -OCH3 is 1. The summed E-state index contributed by atoms with van der Waals surface area (Å²) in [6.45, 7) is 6.59. The molecule has 0 aromatic carbocycles. The summed E-state index contributed by atoms with van der Waals surface area (Å²) in [5, 5.41) is 0. The highest BCUT2D eigenvalue weighted by atomic mass is 28.4. The molecule has 0 radical (unpaired) electrons. The van der Waals surface area contributed by atoms with E-state index in [0.29, 0.717) is 37.9 Å². The third-order valence-electron chi connectivity index (χ3n) is 2.65. The van der Waals surface area contributed by atoms with Crippen LogP contribution in [0.4, 0.5) is 0 Å². The van der Waals surface area contributed by atoms with Crippen LogP contribution < -0.4 is 0 Å². The smallest absolute Gasteiger partial charge is 0.462 e. The van der Waals surface area contributed by atoms with Gasteiger partial charge in [0.05, 0.1) is 6.61 Å². The second-order valence-corrected chi connectivity index (χ2v) is 7.28. The highest BCUT2D eigenvalue weighted by molar-refractivity contribution is 6.60. The Bertz CT molecular complexity index is 291. The molecule has 0 N–H and O–H groups in total. The van der Waals surface area contributed by atoms with Crippen molar-refractivity contribution in [3.8, 4) is 0 Å². The lowest BCUT2D eigenvalue weighted by Crippen LogP contribution is -2.44. The highest BCUT2D eigenvalue weighted by Crippen LogP contribution is 2.16. The van der Waals surface area contributed by atoms with Crippen molar-refractivity contribution in [2.75, 3.05) is 41.2 Å². The van der Waals surface area contributed by atoms with Crippen LogP contribution in [0.15, 0.2) is 12.2 Å². The molecule has 0 spiro atoms. The number of hydrogen-bond donors (Lipinski definition) is 0. The van der Waals surface area contributed by atoms with E-state index in [9.17, 15) is 4.79 Å². The average Bonchev–Trinajstić information content (AvgIpc) is 2.45. The van der Waals surface area contributed by atoms with Crippen LogP contribution in [-0.2, 0) is 27.5 Å². The standard InChI is InChI=1S/C13H26O6Si/c1-12(2)13(14)18-9-7-11-20(16-4,17-5)19-10-6-8-15-3/h1,6-11H2,2-5H3. The molecule has 0 atom stereocenters. The van der Waals surface area contributed by atoms with Gasteiger partial charge in [-0.15, -0.1) is 0 Å². The molecule has 7 heteroatoms. The number of rotatable bonds is 12. The maximum atomic E-state index is 11.2. The third kappa shape index (κ3) is 7.76. The molecule has 0 saturated carbocycles. The molecule has 0 amide bonds.